The van der Waals surface area contributed by atoms with Gasteiger partial charge in [-0.2, -0.15) is 13.2 Å². The third kappa shape index (κ3) is 4.39. The molecule has 0 unspecified atom stereocenters. The van der Waals surface area contributed by atoms with Crippen LogP contribution in [-0.4, -0.2) is 47.2 Å². The second-order valence-corrected chi connectivity index (χ2v) is 6.41. The molecule has 8 heteroatoms. The minimum Gasteiger partial charge on any atom is -0.320 e. The van der Waals surface area contributed by atoms with Crippen molar-refractivity contribution < 1.29 is 27.6 Å². The summed E-state index contributed by atoms with van der Waals surface area (Å²) in [4.78, 5) is 39.3. The maximum absolute atomic E-state index is 12.6. The highest BCUT2D eigenvalue weighted by Crippen LogP contribution is 2.29. The molecule has 1 aliphatic rings. The van der Waals surface area contributed by atoms with Gasteiger partial charge in [0, 0.05) is 12.1 Å². The minimum absolute atomic E-state index is 0.00802. The highest BCUT2D eigenvalue weighted by molar-refractivity contribution is 6.05. The Bertz CT molecular complexity index is 862. The summed E-state index contributed by atoms with van der Waals surface area (Å²) in [5.74, 6) is -1.67. The Kier molecular flexibility index (Phi) is 5.48. The van der Waals surface area contributed by atoms with Crippen LogP contribution in [0.25, 0.3) is 0 Å². The zero-order chi connectivity index (χ0) is 20.3. The van der Waals surface area contributed by atoms with E-state index < -0.39 is 29.5 Å². The number of alkyl halides is 3. The molecule has 3 rings (SSSR count). The number of carbonyl (C=O) groups is 3. The van der Waals surface area contributed by atoms with Crippen LogP contribution in [0.2, 0.25) is 0 Å². The van der Waals surface area contributed by atoms with E-state index in [1.54, 1.807) is 0 Å². The van der Waals surface area contributed by atoms with E-state index in [0.717, 1.165) is 39.6 Å². The predicted octanol–water partition coefficient (Wildman–Crippen LogP) is 2.76. The number of piperazine rings is 1. The van der Waals surface area contributed by atoms with Gasteiger partial charge >= 0.3 is 6.18 Å². The van der Waals surface area contributed by atoms with Crippen molar-refractivity contribution in [2.45, 2.75) is 12.6 Å². The lowest BCUT2D eigenvalue weighted by Crippen LogP contribution is -2.55. The van der Waals surface area contributed by atoms with Gasteiger partial charge in [0.1, 0.15) is 13.1 Å². The normalized spacial score (nSPS) is 15.1. The van der Waals surface area contributed by atoms with Crippen LogP contribution in [0.5, 0.6) is 0 Å². The molecule has 0 bridgehead atoms. The third-order valence-corrected chi connectivity index (χ3v) is 4.47. The molecule has 1 heterocycles. The van der Waals surface area contributed by atoms with Crippen LogP contribution in [0.1, 0.15) is 21.5 Å². The van der Waals surface area contributed by atoms with E-state index in [0.29, 0.717) is 6.42 Å². The van der Waals surface area contributed by atoms with Crippen LogP contribution in [0.3, 0.4) is 0 Å². The molecule has 1 saturated heterocycles. The topological polar surface area (TPSA) is 57.7 Å². The Balaban J connectivity index is 1.64. The highest BCUT2D eigenvalue weighted by atomic mass is 19.4. The summed E-state index contributed by atoms with van der Waals surface area (Å²) in [6.45, 7) is -0.370. The van der Waals surface area contributed by atoms with E-state index in [9.17, 15) is 27.6 Å². The standard InChI is InChI=1S/C20H17F3N2O3/c21-20(22,23)16-8-6-15(7-9-16)19(28)24-12-17(26)25(18(27)13-24)11-10-14-4-2-1-3-5-14/h1-9H,10-13H2. The van der Waals surface area contributed by atoms with E-state index in [4.69, 9.17) is 0 Å². The molecular weight excluding hydrogens is 373 g/mol. The average molecular weight is 390 g/mol. The molecule has 3 amide bonds. The molecule has 28 heavy (non-hydrogen) atoms. The summed E-state index contributed by atoms with van der Waals surface area (Å²) < 4.78 is 37.9. The molecule has 2 aromatic carbocycles. The van der Waals surface area contributed by atoms with E-state index in [2.05, 4.69) is 0 Å². The minimum atomic E-state index is -4.50. The van der Waals surface area contributed by atoms with Crippen molar-refractivity contribution in [2.24, 2.45) is 0 Å². The first-order valence-electron chi connectivity index (χ1n) is 8.59. The number of rotatable bonds is 4. The van der Waals surface area contributed by atoms with Crippen molar-refractivity contribution in [3.05, 3.63) is 71.3 Å². The molecule has 0 aliphatic carbocycles. The van der Waals surface area contributed by atoms with Crippen LogP contribution in [0.15, 0.2) is 54.6 Å². The molecule has 5 nitrogen and oxygen atoms in total. The Labute approximate surface area is 159 Å². The van der Waals surface area contributed by atoms with Gasteiger partial charge in [-0.3, -0.25) is 19.3 Å². The Morgan fingerprint density at radius 3 is 2.00 bits per heavy atom. The molecule has 0 N–H and O–H groups in total. The van der Waals surface area contributed by atoms with Crippen LogP contribution in [0, 0.1) is 0 Å². The van der Waals surface area contributed by atoms with Gasteiger partial charge in [0.15, 0.2) is 0 Å². The van der Waals surface area contributed by atoms with E-state index >= 15 is 0 Å². The molecular formula is C20H17F3N2O3. The average Bonchev–Trinajstić information content (AvgIpc) is 2.67. The van der Waals surface area contributed by atoms with Crippen molar-refractivity contribution in [1.82, 2.24) is 9.80 Å². The zero-order valence-corrected chi connectivity index (χ0v) is 14.8. The number of hydrogen-bond acceptors (Lipinski definition) is 3. The summed E-state index contributed by atoms with van der Waals surface area (Å²) in [6.07, 6.45) is -4.00. The summed E-state index contributed by atoms with van der Waals surface area (Å²) in [5, 5.41) is 0. The fourth-order valence-corrected chi connectivity index (χ4v) is 2.96. The Morgan fingerprint density at radius 2 is 1.46 bits per heavy atom. The number of amides is 3. The highest BCUT2D eigenvalue weighted by Gasteiger charge is 2.34. The van der Waals surface area contributed by atoms with E-state index in [-0.39, 0.29) is 25.2 Å². The van der Waals surface area contributed by atoms with Gasteiger partial charge in [0.2, 0.25) is 11.8 Å². The molecule has 146 valence electrons. The third-order valence-electron chi connectivity index (χ3n) is 4.47. The fraction of sp³-hybridized carbons (Fsp3) is 0.250. The lowest BCUT2D eigenvalue weighted by molar-refractivity contribution is -0.150. The smallest absolute Gasteiger partial charge is 0.320 e. The number of benzene rings is 2. The Morgan fingerprint density at radius 1 is 0.893 bits per heavy atom. The summed E-state index contributed by atoms with van der Waals surface area (Å²) in [5.41, 5.74) is 0.0969. The van der Waals surface area contributed by atoms with Crippen LogP contribution < -0.4 is 0 Å². The molecule has 0 saturated carbocycles. The largest absolute Gasteiger partial charge is 0.416 e. The molecule has 0 atom stereocenters. The lowest BCUT2D eigenvalue weighted by Gasteiger charge is -2.32. The predicted molar refractivity (Wildman–Crippen MR) is 94.2 cm³/mol. The van der Waals surface area contributed by atoms with Gasteiger partial charge in [0.25, 0.3) is 5.91 Å². The first-order chi connectivity index (χ1) is 13.3. The number of halogens is 3. The molecule has 0 radical (unpaired) electrons. The number of imide groups is 1. The second kappa shape index (κ2) is 7.84. The van der Waals surface area contributed by atoms with E-state index in [1.807, 2.05) is 30.3 Å². The summed E-state index contributed by atoms with van der Waals surface area (Å²) >= 11 is 0. The van der Waals surface area contributed by atoms with Gasteiger partial charge < -0.3 is 4.90 Å². The van der Waals surface area contributed by atoms with Gasteiger partial charge in [-0.25, -0.2) is 0 Å². The molecule has 0 aromatic heterocycles. The van der Waals surface area contributed by atoms with Crippen molar-refractivity contribution >= 4 is 17.7 Å². The molecule has 1 aliphatic heterocycles. The summed E-state index contributed by atoms with van der Waals surface area (Å²) in [6, 6.07) is 13.0. The zero-order valence-electron chi connectivity index (χ0n) is 14.8. The van der Waals surface area contributed by atoms with Gasteiger partial charge in [-0.05, 0) is 36.2 Å². The summed E-state index contributed by atoms with van der Waals surface area (Å²) in [7, 11) is 0. The second-order valence-electron chi connectivity index (χ2n) is 6.41. The first-order valence-corrected chi connectivity index (χ1v) is 8.59. The van der Waals surface area contributed by atoms with Gasteiger partial charge in [0.05, 0.1) is 5.56 Å². The Hall–Kier alpha value is -3.16. The van der Waals surface area contributed by atoms with Crippen LogP contribution in [0.4, 0.5) is 13.2 Å². The van der Waals surface area contributed by atoms with Crippen molar-refractivity contribution in [3.8, 4) is 0 Å². The van der Waals surface area contributed by atoms with Crippen molar-refractivity contribution in [1.29, 1.82) is 0 Å². The maximum Gasteiger partial charge on any atom is 0.416 e. The van der Waals surface area contributed by atoms with E-state index in [1.165, 1.54) is 0 Å². The molecule has 0 spiro atoms. The van der Waals surface area contributed by atoms with Crippen molar-refractivity contribution in [3.63, 3.8) is 0 Å². The number of nitrogens with zero attached hydrogens (tertiary/aromatic N) is 2. The molecule has 2 aromatic rings. The van der Waals surface area contributed by atoms with Crippen LogP contribution in [-0.2, 0) is 22.2 Å². The monoisotopic (exact) mass is 390 g/mol. The fourth-order valence-electron chi connectivity index (χ4n) is 2.96. The quantitative estimate of drug-likeness (QED) is 0.755. The van der Waals surface area contributed by atoms with Gasteiger partial charge in [-0.15, -0.1) is 0 Å². The lowest BCUT2D eigenvalue weighted by atomic mass is 10.1. The number of carbonyl (C=O) groups excluding carboxylic acids is 3. The van der Waals surface area contributed by atoms with Gasteiger partial charge in [-0.1, -0.05) is 30.3 Å². The first kappa shape index (κ1) is 19.6. The van der Waals surface area contributed by atoms with Crippen molar-refractivity contribution in [2.75, 3.05) is 19.6 Å². The number of hydrogen-bond donors (Lipinski definition) is 0. The SMILES string of the molecule is O=C(c1ccc(C(F)(F)F)cc1)N1CC(=O)N(CCc2ccccc2)C(=O)C1. The maximum atomic E-state index is 12.6. The van der Waals surface area contributed by atoms with Crippen LogP contribution >= 0.6 is 0 Å². The molecule has 1 fully saturated rings.